The molecule has 42 heavy (non-hydrogen) atoms. The van der Waals surface area contributed by atoms with Crippen molar-refractivity contribution in [3.8, 4) is 0 Å². The maximum atomic E-state index is 15.5. The average molecular weight is 615 g/mol. The summed E-state index contributed by atoms with van der Waals surface area (Å²) in [6.45, 7) is 3.25. The van der Waals surface area contributed by atoms with Gasteiger partial charge in [0.1, 0.15) is 41.0 Å². The molecule has 220 valence electrons. The van der Waals surface area contributed by atoms with Gasteiger partial charge in [0.05, 0.1) is 0 Å². The second kappa shape index (κ2) is 10.5. The summed E-state index contributed by atoms with van der Waals surface area (Å²) in [6.07, 6.45) is -4.97. The summed E-state index contributed by atoms with van der Waals surface area (Å²) in [4.78, 5) is 0. The van der Waals surface area contributed by atoms with E-state index in [1.54, 1.807) is 0 Å². The van der Waals surface area contributed by atoms with Crippen molar-refractivity contribution in [1.82, 2.24) is 0 Å². The molecule has 0 aliphatic carbocycles. The van der Waals surface area contributed by atoms with Crippen molar-refractivity contribution in [2.24, 2.45) is 0 Å². The third-order valence-electron chi connectivity index (χ3n) is 6.68. The maximum absolute atomic E-state index is 15.5. The van der Waals surface area contributed by atoms with Gasteiger partial charge < -0.3 is 0 Å². The van der Waals surface area contributed by atoms with Gasteiger partial charge in [0, 0.05) is 0 Å². The van der Waals surface area contributed by atoms with Gasteiger partial charge in [0.2, 0.25) is 0 Å². The van der Waals surface area contributed by atoms with E-state index in [1.807, 2.05) is 0 Å². The molecule has 0 atom stereocenters. The van der Waals surface area contributed by atoms with E-state index in [0.717, 1.165) is 18.2 Å². The van der Waals surface area contributed by atoms with Crippen molar-refractivity contribution in [3.63, 3.8) is 0 Å². The molecule has 0 spiro atoms. The van der Waals surface area contributed by atoms with E-state index in [9.17, 15) is 39.5 Å². The minimum Gasteiger partial charge on any atom is -0.207 e. The van der Waals surface area contributed by atoms with Gasteiger partial charge >= 0.3 is 0 Å². The monoisotopic (exact) mass is 615 g/mol. The molecule has 0 amide bonds. The van der Waals surface area contributed by atoms with Crippen molar-refractivity contribution < 1.29 is 65.9 Å². The fourth-order valence-corrected chi connectivity index (χ4v) is 4.89. The molecule has 0 N–H and O–H groups in total. The number of rotatable bonds is 5. The molecule has 0 saturated heterocycles. The SMILES string of the molecule is C=Cc1cccc([B-](c2c(F)c(F)c(F)c(F)c2F)(c2c(F)c(F)c(F)c(F)c2F)c2c(F)c(F)c(F)c(F)c2F)c1. The van der Waals surface area contributed by atoms with Crippen LogP contribution in [0.1, 0.15) is 5.56 Å². The largest absolute Gasteiger partial charge is 0.207 e. The second-order valence-electron chi connectivity index (χ2n) is 8.69. The number of hydrogen-bond donors (Lipinski definition) is 0. The highest BCUT2D eigenvalue weighted by Crippen LogP contribution is 2.28. The maximum Gasteiger partial charge on any atom is 0.200 e. The van der Waals surface area contributed by atoms with E-state index in [0.29, 0.717) is 12.1 Å². The van der Waals surface area contributed by atoms with Crippen molar-refractivity contribution >= 4 is 34.1 Å². The topological polar surface area (TPSA) is 0 Å². The zero-order valence-corrected chi connectivity index (χ0v) is 19.8. The fourth-order valence-electron chi connectivity index (χ4n) is 4.89. The number of halogens is 15. The van der Waals surface area contributed by atoms with Crippen molar-refractivity contribution in [2.75, 3.05) is 0 Å². The molecule has 4 rings (SSSR count). The van der Waals surface area contributed by atoms with Crippen LogP contribution in [-0.2, 0) is 0 Å². The summed E-state index contributed by atoms with van der Waals surface area (Å²) >= 11 is 0. The first-order valence-corrected chi connectivity index (χ1v) is 11.0. The highest BCUT2D eigenvalue weighted by molar-refractivity contribution is 7.20. The third kappa shape index (κ3) is 3.98. The van der Waals surface area contributed by atoms with Crippen LogP contribution in [0.2, 0.25) is 0 Å². The summed E-state index contributed by atoms with van der Waals surface area (Å²) in [5, 5.41) is 0. The summed E-state index contributed by atoms with van der Waals surface area (Å²) in [5.74, 6) is -45.7. The Morgan fingerprint density at radius 2 is 0.667 bits per heavy atom. The van der Waals surface area contributed by atoms with Gasteiger partial charge in [0.15, 0.2) is 52.4 Å². The summed E-state index contributed by atoms with van der Waals surface area (Å²) in [7, 11) is 0. The van der Waals surface area contributed by atoms with Gasteiger partial charge in [-0.05, 0) is 5.56 Å². The smallest absolute Gasteiger partial charge is 0.200 e. The Hall–Kier alpha value is -4.37. The van der Waals surface area contributed by atoms with E-state index in [2.05, 4.69) is 6.58 Å². The molecule has 0 aliphatic heterocycles. The van der Waals surface area contributed by atoms with E-state index < -0.39 is 115 Å². The van der Waals surface area contributed by atoms with Crippen LogP contribution in [0.4, 0.5) is 65.9 Å². The molecule has 0 bridgehead atoms. The van der Waals surface area contributed by atoms with Crippen LogP contribution < -0.4 is 21.9 Å². The molecule has 4 aromatic rings. The minimum atomic E-state index is -5.79. The lowest BCUT2D eigenvalue weighted by atomic mass is 9.12. The zero-order chi connectivity index (χ0) is 31.6. The molecule has 16 heteroatoms. The van der Waals surface area contributed by atoms with E-state index in [4.69, 9.17) is 0 Å². The zero-order valence-electron chi connectivity index (χ0n) is 19.8. The van der Waals surface area contributed by atoms with Crippen LogP contribution in [0.15, 0.2) is 30.8 Å². The molecule has 0 aromatic heterocycles. The molecular formula is C26H7BF15-. The van der Waals surface area contributed by atoms with Gasteiger partial charge in [0.25, 0.3) is 0 Å². The Morgan fingerprint density at radius 1 is 0.405 bits per heavy atom. The fraction of sp³-hybridized carbons (Fsp3) is 0. The number of hydrogen-bond acceptors (Lipinski definition) is 0. The Labute approximate surface area is 224 Å². The highest BCUT2D eigenvalue weighted by Gasteiger charge is 2.48. The van der Waals surface area contributed by atoms with Gasteiger partial charge in [-0.2, -0.15) is 5.46 Å². The predicted octanol–water partition coefficient (Wildman–Crippen LogP) is 5.79. The van der Waals surface area contributed by atoms with Crippen LogP contribution in [-0.4, -0.2) is 6.15 Å². The van der Waals surface area contributed by atoms with Crippen molar-refractivity contribution in [2.45, 2.75) is 0 Å². The first-order valence-electron chi connectivity index (χ1n) is 11.0. The molecule has 4 aromatic carbocycles. The molecule has 0 saturated carbocycles. The lowest BCUT2D eigenvalue weighted by Crippen LogP contribution is -2.79. The minimum absolute atomic E-state index is 0.352. The molecule has 0 aliphatic rings. The van der Waals surface area contributed by atoms with Crippen LogP contribution in [0.3, 0.4) is 0 Å². The van der Waals surface area contributed by atoms with E-state index in [1.165, 1.54) is 0 Å². The summed E-state index contributed by atoms with van der Waals surface area (Å²) < 4.78 is 222. The first kappa shape index (κ1) is 30.6. The quantitative estimate of drug-likeness (QED) is 0.116. The average Bonchev–Trinajstić information content (AvgIpc) is 2.98. The highest BCUT2D eigenvalue weighted by atomic mass is 19.2. The molecule has 0 unspecified atom stereocenters. The molecule has 0 radical (unpaired) electrons. The van der Waals surface area contributed by atoms with Crippen LogP contribution in [0.25, 0.3) is 6.08 Å². The lowest BCUT2D eigenvalue weighted by molar-refractivity contribution is 0.380. The second-order valence-corrected chi connectivity index (χ2v) is 8.69. The Balaban J connectivity index is 2.58. The standard InChI is InChI=1S/C26H7BF15/c1-2-7-4-3-5-8(6-7)27(9-12(28)18(34)24(40)19(35)13(9)29,10-14(30)20(36)25(41)21(37)15(10)31)11-16(32)22(38)26(42)23(39)17(11)33/h2-6H,1H2/q-1. The van der Waals surface area contributed by atoms with Gasteiger partial charge in [-0.25, -0.2) is 65.9 Å². The van der Waals surface area contributed by atoms with Crippen LogP contribution >= 0.6 is 0 Å². The lowest BCUT2D eigenvalue weighted by Gasteiger charge is -2.44. The Kier molecular flexibility index (Phi) is 7.63. The van der Waals surface area contributed by atoms with Gasteiger partial charge in [-0.3, -0.25) is 0 Å². The molecule has 0 fully saturated rings. The van der Waals surface area contributed by atoms with Crippen molar-refractivity contribution in [1.29, 1.82) is 0 Å². The molecule has 0 heterocycles. The third-order valence-corrected chi connectivity index (χ3v) is 6.68. The van der Waals surface area contributed by atoms with E-state index in [-0.39, 0.29) is 5.56 Å². The Morgan fingerprint density at radius 3 is 0.929 bits per heavy atom. The summed E-state index contributed by atoms with van der Waals surface area (Å²) in [6, 6.07) is 2.54. The van der Waals surface area contributed by atoms with Gasteiger partial charge in [-0.1, -0.05) is 36.9 Å². The van der Waals surface area contributed by atoms with Crippen molar-refractivity contribution in [3.05, 3.63) is 124 Å². The predicted molar refractivity (Wildman–Crippen MR) is 120 cm³/mol. The van der Waals surface area contributed by atoms with Crippen LogP contribution in [0.5, 0.6) is 0 Å². The summed E-state index contributed by atoms with van der Waals surface area (Å²) in [5.41, 5.74) is -9.87. The first-order chi connectivity index (χ1) is 19.6. The van der Waals surface area contributed by atoms with Crippen LogP contribution in [0, 0.1) is 87.3 Å². The molecule has 0 nitrogen and oxygen atoms in total. The Bertz CT molecular complexity index is 1560. The van der Waals surface area contributed by atoms with Gasteiger partial charge in [-0.15, -0.1) is 16.4 Å². The van der Waals surface area contributed by atoms with E-state index >= 15 is 26.3 Å². The number of benzene rings is 4. The normalized spacial score (nSPS) is 11.8. The molecular weight excluding hydrogens is 608 g/mol.